The van der Waals surface area contributed by atoms with Crippen molar-refractivity contribution in [3.8, 4) is 0 Å². The maximum atomic E-state index is 9.90. The van der Waals surface area contributed by atoms with Crippen molar-refractivity contribution in [3.05, 3.63) is 24.0 Å². The molecule has 110 valence electrons. The fourth-order valence-corrected chi connectivity index (χ4v) is 2.42. The monoisotopic (exact) mass is 276 g/mol. The van der Waals surface area contributed by atoms with Crippen LogP contribution in [0, 0.1) is 0 Å². The van der Waals surface area contributed by atoms with Crippen LogP contribution in [0.4, 0.5) is 5.69 Å². The molecule has 0 saturated heterocycles. The molecule has 1 heterocycles. The number of hydrogen-bond donors (Lipinski definition) is 2. The second kappa shape index (κ2) is 6.24. The lowest BCUT2D eigenvalue weighted by molar-refractivity contribution is 0.184. The van der Waals surface area contributed by atoms with Gasteiger partial charge >= 0.3 is 0 Å². The first-order valence-electron chi connectivity index (χ1n) is 7.07. The molecule has 0 radical (unpaired) electrons. The van der Waals surface area contributed by atoms with Gasteiger partial charge in [-0.1, -0.05) is 0 Å². The van der Waals surface area contributed by atoms with E-state index in [9.17, 15) is 5.11 Å². The van der Waals surface area contributed by atoms with Gasteiger partial charge in [0.15, 0.2) is 0 Å². The first kappa shape index (κ1) is 14.8. The van der Waals surface area contributed by atoms with Crippen molar-refractivity contribution in [2.75, 3.05) is 26.4 Å². The molecule has 0 aliphatic rings. The minimum atomic E-state index is -0.572. The van der Waals surface area contributed by atoms with Crippen LogP contribution in [-0.4, -0.2) is 40.2 Å². The quantitative estimate of drug-likeness (QED) is 0.625. The summed E-state index contributed by atoms with van der Waals surface area (Å²) in [5.41, 5.74) is 8.39. The molecule has 5 nitrogen and oxygen atoms in total. The van der Waals surface area contributed by atoms with Crippen molar-refractivity contribution in [2.24, 2.45) is 0 Å². The second-order valence-corrected chi connectivity index (χ2v) is 5.56. The van der Waals surface area contributed by atoms with Crippen molar-refractivity contribution >= 4 is 16.7 Å². The number of aromatic nitrogens is 2. The van der Waals surface area contributed by atoms with Gasteiger partial charge in [-0.05, 0) is 58.6 Å². The molecule has 3 N–H and O–H groups in total. The molecule has 0 aliphatic carbocycles. The van der Waals surface area contributed by atoms with Crippen LogP contribution in [0.1, 0.15) is 31.7 Å². The van der Waals surface area contributed by atoms with Gasteiger partial charge in [0.2, 0.25) is 0 Å². The number of fused-ring (bicyclic) bond motifs is 1. The first-order valence-corrected chi connectivity index (χ1v) is 7.07. The Hall–Kier alpha value is -1.59. The van der Waals surface area contributed by atoms with Gasteiger partial charge in [-0.3, -0.25) is 0 Å². The van der Waals surface area contributed by atoms with E-state index in [1.54, 1.807) is 6.92 Å². The van der Waals surface area contributed by atoms with E-state index in [0.29, 0.717) is 5.69 Å². The lowest BCUT2D eigenvalue weighted by Crippen LogP contribution is -2.14. The highest BCUT2D eigenvalue weighted by atomic mass is 16.3. The Morgan fingerprint density at radius 2 is 2.10 bits per heavy atom. The third-order valence-electron chi connectivity index (χ3n) is 3.41. The van der Waals surface area contributed by atoms with E-state index in [1.165, 1.54) is 0 Å². The molecule has 1 unspecified atom stereocenters. The maximum Gasteiger partial charge on any atom is 0.138 e. The number of nitrogens with two attached hydrogens (primary N) is 1. The van der Waals surface area contributed by atoms with Crippen LogP contribution in [-0.2, 0) is 6.54 Å². The maximum absolute atomic E-state index is 9.90. The van der Waals surface area contributed by atoms with E-state index in [2.05, 4.69) is 28.5 Å². The number of nitrogen functional groups attached to an aromatic ring is 1. The third kappa shape index (κ3) is 3.29. The molecule has 1 aromatic heterocycles. The van der Waals surface area contributed by atoms with Gasteiger partial charge in [0.05, 0.1) is 11.0 Å². The van der Waals surface area contributed by atoms with E-state index in [1.807, 2.05) is 18.2 Å². The topological polar surface area (TPSA) is 67.3 Å². The molecule has 0 bridgehead atoms. The number of nitrogens with zero attached hydrogens (tertiary/aromatic N) is 3. The summed E-state index contributed by atoms with van der Waals surface area (Å²) in [6.07, 6.45) is 1.62. The summed E-state index contributed by atoms with van der Waals surface area (Å²) in [4.78, 5) is 6.69. The number of unbranched alkanes of at least 4 members (excludes halogenated alkanes) is 1. The minimum absolute atomic E-state index is 0.572. The number of aliphatic hydroxyl groups is 1. The van der Waals surface area contributed by atoms with Gasteiger partial charge in [-0.25, -0.2) is 4.98 Å². The van der Waals surface area contributed by atoms with Crippen molar-refractivity contribution in [2.45, 2.75) is 32.4 Å². The number of imidazole rings is 1. The van der Waals surface area contributed by atoms with Crippen LogP contribution in [0.15, 0.2) is 18.2 Å². The number of aliphatic hydroxyl groups excluding tert-OH is 1. The number of anilines is 1. The SMILES string of the molecule is CC(O)c1nc2cc(N)ccc2n1CCCCN(C)C. The molecular weight excluding hydrogens is 252 g/mol. The molecule has 0 saturated carbocycles. The van der Waals surface area contributed by atoms with Crippen molar-refractivity contribution in [1.29, 1.82) is 0 Å². The number of aryl methyl sites for hydroxylation is 1. The Morgan fingerprint density at radius 1 is 1.35 bits per heavy atom. The van der Waals surface area contributed by atoms with Crippen molar-refractivity contribution < 1.29 is 5.11 Å². The summed E-state index contributed by atoms with van der Waals surface area (Å²) in [7, 11) is 4.16. The summed E-state index contributed by atoms with van der Waals surface area (Å²) in [6.45, 7) is 3.69. The molecule has 5 heteroatoms. The Morgan fingerprint density at radius 3 is 2.75 bits per heavy atom. The zero-order valence-electron chi connectivity index (χ0n) is 12.5. The molecule has 0 spiro atoms. The third-order valence-corrected chi connectivity index (χ3v) is 3.41. The summed E-state index contributed by atoms with van der Waals surface area (Å²) in [5, 5.41) is 9.90. The minimum Gasteiger partial charge on any atom is -0.399 e. The van der Waals surface area contributed by atoms with Crippen molar-refractivity contribution in [1.82, 2.24) is 14.5 Å². The Kier molecular flexibility index (Phi) is 4.62. The number of rotatable bonds is 6. The van der Waals surface area contributed by atoms with Crippen LogP contribution in [0.5, 0.6) is 0 Å². The molecule has 1 aromatic carbocycles. The smallest absolute Gasteiger partial charge is 0.138 e. The first-order chi connectivity index (χ1) is 9.49. The van der Waals surface area contributed by atoms with E-state index in [0.717, 1.165) is 42.8 Å². The van der Waals surface area contributed by atoms with Gasteiger partial charge < -0.3 is 20.3 Å². The van der Waals surface area contributed by atoms with Crippen LogP contribution in [0.2, 0.25) is 0 Å². The Bertz CT molecular complexity index is 575. The van der Waals surface area contributed by atoms with E-state index in [4.69, 9.17) is 5.73 Å². The molecule has 2 aromatic rings. The van der Waals surface area contributed by atoms with E-state index in [-0.39, 0.29) is 0 Å². The Balaban J connectivity index is 2.22. The van der Waals surface area contributed by atoms with Gasteiger partial charge in [-0.15, -0.1) is 0 Å². The molecule has 0 amide bonds. The highest BCUT2D eigenvalue weighted by Gasteiger charge is 2.14. The fraction of sp³-hybridized carbons (Fsp3) is 0.533. The summed E-state index contributed by atoms with van der Waals surface area (Å²) >= 11 is 0. The van der Waals surface area contributed by atoms with Gasteiger partial charge in [-0.2, -0.15) is 0 Å². The van der Waals surface area contributed by atoms with E-state index < -0.39 is 6.10 Å². The van der Waals surface area contributed by atoms with Crippen LogP contribution < -0.4 is 5.73 Å². The lowest BCUT2D eigenvalue weighted by atomic mass is 10.2. The number of benzene rings is 1. The largest absolute Gasteiger partial charge is 0.399 e. The van der Waals surface area contributed by atoms with E-state index >= 15 is 0 Å². The summed E-state index contributed by atoms with van der Waals surface area (Å²) in [5.74, 6) is 0.718. The van der Waals surface area contributed by atoms with Crippen molar-refractivity contribution in [3.63, 3.8) is 0 Å². The molecule has 2 rings (SSSR count). The second-order valence-electron chi connectivity index (χ2n) is 5.56. The zero-order chi connectivity index (χ0) is 14.7. The normalized spacial score (nSPS) is 13.2. The Labute approximate surface area is 120 Å². The molecular formula is C15H24N4O. The van der Waals surface area contributed by atoms with Gasteiger partial charge in [0.25, 0.3) is 0 Å². The highest BCUT2D eigenvalue weighted by Crippen LogP contribution is 2.23. The average molecular weight is 276 g/mol. The molecule has 0 fully saturated rings. The highest BCUT2D eigenvalue weighted by molar-refractivity contribution is 5.79. The number of hydrogen-bond acceptors (Lipinski definition) is 4. The molecule has 0 aliphatic heterocycles. The average Bonchev–Trinajstić information content (AvgIpc) is 2.72. The summed E-state index contributed by atoms with van der Waals surface area (Å²) < 4.78 is 2.11. The fourth-order valence-electron chi connectivity index (χ4n) is 2.42. The standard InChI is InChI=1S/C15H24N4O/c1-11(20)15-17-13-10-12(16)6-7-14(13)19(15)9-5-4-8-18(2)3/h6-7,10-11,20H,4-5,8-9,16H2,1-3H3. The van der Waals surface area contributed by atoms with Gasteiger partial charge in [0.1, 0.15) is 11.9 Å². The van der Waals surface area contributed by atoms with Gasteiger partial charge in [0, 0.05) is 12.2 Å². The molecule has 20 heavy (non-hydrogen) atoms. The lowest BCUT2D eigenvalue weighted by Gasteiger charge is -2.12. The summed E-state index contributed by atoms with van der Waals surface area (Å²) in [6, 6.07) is 5.72. The van der Waals surface area contributed by atoms with Crippen LogP contribution in [0.25, 0.3) is 11.0 Å². The van der Waals surface area contributed by atoms with Crippen LogP contribution >= 0.6 is 0 Å². The molecule has 1 atom stereocenters. The predicted molar refractivity (Wildman–Crippen MR) is 82.6 cm³/mol. The zero-order valence-corrected chi connectivity index (χ0v) is 12.5. The van der Waals surface area contributed by atoms with Crippen LogP contribution in [0.3, 0.4) is 0 Å². The predicted octanol–water partition coefficient (Wildman–Crippen LogP) is 2.01.